The van der Waals surface area contributed by atoms with Gasteiger partial charge in [-0.25, -0.2) is 0 Å². The largest absolute Gasteiger partial charge is 0.446 e. The number of hydrogen-bond acceptors (Lipinski definition) is 2. The number of halogens is 5. The first-order valence-electron chi connectivity index (χ1n) is 4.87. The minimum Gasteiger partial charge on any atom is -0.298 e. The highest BCUT2D eigenvalue weighted by Gasteiger charge is 2.30. The van der Waals surface area contributed by atoms with Gasteiger partial charge in [-0.3, -0.25) is 4.79 Å². The van der Waals surface area contributed by atoms with Crippen LogP contribution in [0.3, 0.4) is 0 Å². The maximum absolute atomic E-state index is 12.4. The summed E-state index contributed by atoms with van der Waals surface area (Å²) < 4.78 is 37.2. The van der Waals surface area contributed by atoms with Gasteiger partial charge in [0.25, 0.3) is 0 Å². The molecule has 0 aliphatic heterocycles. The zero-order valence-electron chi connectivity index (χ0n) is 9.06. The number of rotatable bonds is 5. The molecule has 0 aliphatic rings. The Balaban J connectivity index is 2.98. The summed E-state index contributed by atoms with van der Waals surface area (Å²) in [4.78, 5) is 11.4. The van der Waals surface area contributed by atoms with E-state index in [9.17, 15) is 18.0 Å². The molecule has 0 saturated heterocycles. The lowest BCUT2D eigenvalue weighted by Gasteiger charge is -2.11. The Hall–Kier alpha value is -0.0100. The van der Waals surface area contributed by atoms with Crippen LogP contribution in [-0.2, 0) is 16.5 Å². The molecule has 1 nitrogen and oxygen atoms in total. The van der Waals surface area contributed by atoms with E-state index < -0.39 is 5.51 Å². The number of ketones is 1. The fourth-order valence-corrected chi connectivity index (χ4v) is 2.92. The van der Waals surface area contributed by atoms with Crippen LogP contribution in [0.5, 0.6) is 0 Å². The van der Waals surface area contributed by atoms with Crippen molar-refractivity contribution in [1.29, 1.82) is 0 Å². The number of carbonyl (C=O) groups excluding carboxylic acids is 1. The second-order valence-electron chi connectivity index (χ2n) is 3.47. The number of carbonyl (C=O) groups is 1. The summed E-state index contributed by atoms with van der Waals surface area (Å²) in [6, 6.07) is 4.71. The Morgan fingerprint density at radius 1 is 1.28 bits per heavy atom. The van der Waals surface area contributed by atoms with Crippen LogP contribution in [0.25, 0.3) is 0 Å². The summed E-state index contributed by atoms with van der Waals surface area (Å²) in [6.45, 7) is 0. The lowest BCUT2D eigenvalue weighted by atomic mass is 10.1. The zero-order valence-corrected chi connectivity index (χ0v) is 13.0. The van der Waals surface area contributed by atoms with E-state index in [0.29, 0.717) is 16.5 Å². The van der Waals surface area contributed by atoms with Gasteiger partial charge in [0.2, 0.25) is 0 Å². The molecule has 0 aromatic heterocycles. The molecule has 100 valence electrons. The summed E-state index contributed by atoms with van der Waals surface area (Å²) >= 11 is 6.02. The smallest absolute Gasteiger partial charge is 0.298 e. The van der Waals surface area contributed by atoms with Crippen LogP contribution in [0.2, 0.25) is 0 Å². The molecule has 0 saturated carbocycles. The van der Waals surface area contributed by atoms with Crippen molar-refractivity contribution in [3.05, 3.63) is 29.3 Å². The van der Waals surface area contributed by atoms with Crippen LogP contribution in [0, 0.1) is 0 Å². The van der Waals surface area contributed by atoms with Crippen molar-refractivity contribution >= 4 is 49.4 Å². The standard InChI is InChI=1S/C11H9Br2F3OS/c12-5-8-2-1-7(3-9(17)6-13)4-10(8)18-11(14,15)16/h1-2,4H,3,5-6H2. The Labute approximate surface area is 124 Å². The SMILES string of the molecule is O=C(CBr)Cc1ccc(CBr)c(SC(F)(F)F)c1. The van der Waals surface area contributed by atoms with Crippen LogP contribution in [0.4, 0.5) is 13.2 Å². The third-order valence-electron chi connectivity index (χ3n) is 2.05. The molecule has 0 spiro atoms. The maximum atomic E-state index is 12.4. The second-order valence-corrected chi connectivity index (χ2v) is 5.70. The van der Waals surface area contributed by atoms with Crippen molar-refractivity contribution in [3.63, 3.8) is 0 Å². The molecule has 7 heteroatoms. The Morgan fingerprint density at radius 3 is 2.44 bits per heavy atom. The van der Waals surface area contributed by atoms with E-state index in [1.165, 1.54) is 6.07 Å². The highest BCUT2D eigenvalue weighted by Crippen LogP contribution is 2.39. The van der Waals surface area contributed by atoms with E-state index in [2.05, 4.69) is 31.9 Å². The topological polar surface area (TPSA) is 17.1 Å². The molecule has 0 N–H and O–H groups in total. The predicted molar refractivity (Wildman–Crippen MR) is 73.5 cm³/mol. The van der Waals surface area contributed by atoms with Crippen molar-refractivity contribution in [2.24, 2.45) is 0 Å². The van der Waals surface area contributed by atoms with Crippen molar-refractivity contribution in [2.75, 3.05) is 5.33 Å². The summed E-state index contributed by atoms with van der Waals surface area (Å²) in [5.74, 6) is -0.0652. The third kappa shape index (κ3) is 5.32. The number of Topliss-reactive ketones (excluding diaryl/α,β-unsaturated/α-hetero) is 1. The summed E-state index contributed by atoms with van der Waals surface area (Å²) in [5, 5.41) is 0.549. The van der Waals surface area contributed by atoms with Gasteiger partial charge in [0.05, 0.1) is 5.33 Å². The molecule has 1 rings (SSSR count). The molecule has 0 radical (unpaired) electrons. The fourth-order valence-electron chi connectivity index (χ4n) is 1.31. The highest BCUT2D eigenvalue weighted by atomic mass is 79.9. The highest BCUT2D eigenvalue weighted by molar-refractivity contribution is 9.09. The Kier molecular flexibility index (Phi) is 6.20. The minimum atomic E-state index is -4.32. The van der Waals surface area contributed by atoms with E-state index in [1.807, 2.05) is 0 Å². The molecule has 1 aromatic carbocycles. The molecule has 0 fully saturated rings. The van der Waals surface area contributed by atoms with E-state index in [4.69, 9.17) is 0 Å². The van der Waals surface area contributed by atoms with Gasteiger partial charge in [-0.05, 0) is 29.0 Å². The average molecular weight is 406 g/mol. The molecule has 0 atom stereocenters. The minimum absolute atomic E-state index is 0.0652. The molecule has 1 aromatic rings. The molecule has 0 aliphatic carbocycles. The summed E-state index contributed by atoms with van der Waals surface area (Å²) in [7, 11) is 0. The molecular formula is C11H9Br2F3OS. The lowest BCUT2D eigenvalue weighted by Crippen LogP contribution is -2.05. The summed E-state index contributed by atoms with van der Waals surface area (Å²) in [6.07, 6.45) is 0.138. The first-order chi connectivity index (χ1) is 8.35. The Morgan fingerprint density at radius 2 is 1.94 bits per heavy atom. The fraction of sp³-hybridized carbons (Fsp3) is 0.364. The van der Waals surface area contributed by atoms with Gasteiger partial charge in [-0.15, -0.1) is 0 Å². The van der Waals surface area contributed by atoms with Gasteiger partial charge >= 0.3 is 5.51 Å². The number of benzene rings is 1. The van der Waals surface area contributed by atoms with Crippen molar-refractivity contribution in [1.82, 2.24) is 0 Å². The van der Waals surface area contributed by atoms with Crippen molar-refractivity contribution < 1.29 is 18.0 Å². The van der Waals surface area contributed by atoms with Crippen molar-refractivity contribution in [3.8, 4) is 0 Å². The zero-order chi connectivity index (χ0) is 13.8. The summed E-state index contributed by atoms with van der Waals surface area (Å²) in [5.41, 5.74) is -3.17. The second kappa shape index (κ2) is 6.96. The van der Waals surface area contributed by atoms with E-state index in [0.717, 1.165) is 0 Å². The quantitative estimate of drug-likeness (QED) is 0.521. The molecule has 0 bridgehead atoms. The van der Waals surface area contributed by atoms with Crippen LogP contribution in [0.15, 0.2) is 23.1 Å². The van der Waals surface area contributed by atoms with E-state index >= 15 is 0 Å². The number of alkyl halides is 5. The monoisotopic (exact) mass is 404 g/mol. The van der Waals surface area contributed by atoms with Gasteiger partial charge < -0.3 is 0 Å². The van der Waals surface area contributed by atoms with Crippen molar-refractivity contribution in [2.45, 2.75) is 22.2 Å². The van der Waals surface area contributed by atoms with Gasteiger partial charge in [0, 0.05) is 16.6 Å². The first kappa shape index (κ1) is 16.0. The molecule has 18 heavy (non-hydrogen) atoms. The number of thioether (sulfide) groups is 1. The maximum Gasteiger partial charge on any atom is 0.446 e. The van der Waals surface area contributed by atoms with Crippen LogP contribution in [0.1, 0.15) is 11.1 Å². The predicted octanol–water partition coefficient (Wildman–Crippen LogP) is 4.70. The average Bonchev–Trinajstić information content (AvgIpc) is 2.27. The van der Waals surface area contributed by atoms with Gasteiger partial charge in [0.15, 0.2) is 0 Å². The van der Waals surface area contributed by atoms with Gasteiger partial charge in [-0.1, -0.05) is 44.0 Å². The van der Waals surface area contributed by atoms with Crippen LogP contribution in [-0.4, -0.2) is 16.6 Å². The number of hydrogen-bond donors (Lipinski definition) is 0. The van der Waals surface area contributed by atoms with E-state index in [1.54, 1.807) is 12.1 Å². The third-order valence-corrected chi connectivity index (χ3v) is 4.11. The Bertz CT molecular complexity index is 435. The molecule has 0 unspecified atom stereocenters. The van der Waals surface area contributed by atoms with E-state index in [-0.39, 0.29) is 34.2 Å². The lowest BCUT2D eigenvalue weighted by molar-refractivity contribution is -0.115. The van der Waals surface area contributed by atoms with Crippen LogP contribution < -0.4 is 0 Å². The molecule has 0 heterocycles. The molecule has 0 amide bonds. The molecular weight excluding hydrogens is 397 g/mol. The van der Waals surface area contributed by atoms with Crippen LogP contribution >= 0.6 is 43.6 Å². The first-order valence-corrected chi connectivity index (χ1v) is 7.93. The van der Waals surface area contributed by atoms with Gasteiger partial charge in [0.1, 0.15) is 5.78 Å². The van der Waals surface area contributed by atoms with Gasteiger partial charge in [-0.2, -0.15) is 13.2 Å². The normalized spacial score (nSPS) is 11.6.